The molecule has 0 atom stereocenters. The zero-order valence-corrected chi connectivity index (χ0v) is 9.89. The summed E-state index contributed by atoms with van der Waals surface area (Å²) in [4.78, 5) is 0. The molecular weight excluding hydrogens is 208 g/mol. The van der Waals surface area contributed by atoms with Gasteiger partial charge in [0.05, 0.1) is 0 Å². The molecular formula is C16H15O. The molecule has 85 valence electrons. The summed E-state index contributed by atoms with van der Waals surface area (Å²) < 4.78 is 5.49. The van der Waals surface area contributed by atoms with Gasteiger partial charge in [0, 0.05) is 7.11 Å². The van der Waals surface area contributed by atoms with Crippen molar-refractivity contribution in [3.05, 3.63) is 84.0 Å². The third-order valence-corrected chi connectivity index (χ3v) is 2.65. The first kappa shape index (κ1) is 11.6. The van der Waals surface area contributed by atoms with E-state index in [1.54, 1.807) is 7.11 Å². The van der Waals surface area contributed by atoms with E-state index >= 15 is 0 Å². The van der Waals surface area contributed by atoms with Gasteiger partial charge >= 0.3 is 0 Å². The van der Waals surface area contributed by atoms with E-state index in [1.165, 1.54) is 0 Å². The second kappa shape index (κ2) is 5.46. The Kier molecular flexibility index (Phi) is 3.73. The summed E-state index contributed by atoms with van der Waals surface area (Å²) in [6.45, 7) is 3.75. The summed E-state index contributed by atoms with van der Waals surface area (Å²) in [7, 11) is 1.70. The average Bonchev–Trinajstić information content (AvgIpc) is 2.42. The molecule has 0 saturated heterocycles. The van der Waals surface area contributed by atoms with Crippen LogP contribution in [-0.4, -0.2) is 7.11 Å². The molecule has 17 heavy (non-hydrogen) atoms. The third-order valence-electron chi connectivity index (χ3n) is 2.65. The lowest BCUT2D eigenvalue weighted by molar-refractivity contribution is 0.248. The predicted octanol–water partition coefficient (Wildman–Crippen LogP) is 3.90. The minimum atomic E-state index is 0.890. The highest BCUT2D eigenvalue weighted by molar-refractivity contribution is 5.50. The average molecular weight is 223 g/mol. The van der Waals surface area contributed by atoms with Crippen molar-refractivity contribution < 1.29 is 4.74 Å². The van der Waals surface area contributed by atoms with Crippen LogP contribution in [0.2, 0.25) is 0 Å². The topological polar surface area (TPSA) is 9.23 Å². The quantitative estimate of drug-likeness (QED) is 0.763. The van der Waals surface area contributed by atoms with Gasteiger partial charge in [-0.15, -0.1) is 0 Å². The molecule has 0 saturated carbocycles. The fourth-order valence-electron chi connectivity index (χ4n) is 1.76. The minimum Gasteiger partial charge on any atom is -0.365 e. The molecule has 0 fully saturated rings. The smallest absolute Gasteiger partial charge is 0.155 e. The van der Waals surface area contributed by atoms with E-state index in [2.05, 4.69) is 6.58 Å². The summed E-state index contributed by atoms with van der Waals surface area (Å²) in [6.07, 6.45) is 2.72. The summed E-state index contributed by atoms with van der Waals surface area (Å²) in [5.74, 6) is 0. The van der Waals surface area contributed by atoms with Crippen LogP contribution in [0.4, 0.5) is 0 Å². The number of ether oxygens (including phenoxy) is 1. The summed E-state index contributed by atoms with van der Waals surface area (Å²) in [5, 5.41) is 0. The molecule has 0 aliphatic heterocycles. The monoisotopic (exact) mass is 223 g/mol. The van der Waals surface area contributed by atoms with E-state index in [0.717, 1.165) is 22.8 Å². The molecule has 1 heteroatoms. The fraction of sp³-hybridized carbons (Fsp3) is 0.0625. The van der Waals surface area contributed by atoms with Crippen molar-refractivity contribution >= 4 is 6.08 Å². The molecule has 0 unspecified atom stereocenters. The Balaban J connectivity index is 2.32. The zero-order chi connectivity index (χ0) is 12.1. The van der Waals surface area contributed by atoms with Crippen LogP contribution in [0.3, 0.4) is 0 Å². The highest BCUT2D eigenvalue weighted by Gasteiger charge is 2.13. The van der Waals surface area contributed by atoms with Gasteiger partial charge in [-0.3, -0.25) is 0 Å². The summed E-state index contributed by atoms with van der Waals surface area (Å²) >= 11 is 0. The van der Waals surface area contributed by atoms with Crippen molar-refractivity contribution in [2.45, 2.75) is 0 Å². The van der Waals surface area contributed by atoms with Crippen LogP contribution < -0.4 is 0 Å². The van der Waals surface area contributed by atoms with Crippen molar-refractivity contribution in [1.82, 2.24) is 0 Å². The van der Waals surface area contributed by atoms with Crippen molar-refractivity contribution in [1.29, 1.82) is 0 Å². The Labute approximate surface area is 102 Å². The van der Waals surface area contributed by atoms with Crippen LogP contribution in [0, 0.1) is 6.10 Å². The Bertz CT molecular complexity index is 471. The molecule has 0 bridgehead atoms. The number of hydrogen-bond acceptors (Lipinski definition) is 1. The molecule has 0 N–H and O–H groups in total. The maximum Gasteiger partial charge on any atom is 0.155 e. The number of benzene rings is 2. The molecule has 0 heterocycles. The molecule has 0 aliphatic carbocycles. The second-order valence-corrected chi connectivity index (χ2v) is 3.73. The van der Waals surface area contributed by atoms with Gasteiger partial charge in [-0.05, 0) is 16.7 Å². The highest BCUT2D eigenvalue weighted by Crippen LogP contribution is 2.24. The van der Waals surface area contributed by atoms with Crippen molar-refractivity contribution in [2.24, 2.45) is 0 Å². The van der Waals surface area contributed by atoms with Crippen LogP contribution in [0.25, 0.3) is 6.08 Å². The van der Waals surface area contributed by atoms with Crippen LogP contribution in [-0.2, 0) is 4.74 Å². The van der Waals surface area contributed by atoms with E-state index in [1.807, 2.05) is 60.7 Å². The molecule has 0 spiro atoms. The van der Waals surface area contributed by atoms with E-state index < -0.39 is 0 Å². The maximum atomic E-state index is 5.49. The standard InChI is InChI=1S/C16H15O/c1-3-13-9-11-15(12-10-13)16(17-2)14-7-5-4-6-8-14/h3-12H,1H2,2H3. The van der Waals surface area contributed by atoms with E-state index in [9.17, 15) is 0 Å². The van der Waals surface area contributed by atoms with Crippen molar-refractivity contribution in [2.75, 3.05) is 7.11 Å². The van der Waals surface area contributed by atoms with Gasteiger partial charge in [-0.2, -0.15) is 0 Å². The summed E-state index contributed by atoms with van der Waals surface area (Å²) in [5.41, 5.74) is 3.27. The Hall–Kier alpha value is -1.86. The van der Waals surface area contributed by atoms with Gasteiger partial charge in [0.2, 0.25) is 0 Å². The van der Waals surface area contributed by atoms with Crippen LogP contribution >= 0.6 is 0 Å². The van der Waals surface area contributed by atoms with Crippen LogP contribution in [0.5, 0.6) is 0 Å². The molecule has 0 amide bonds. The molecule has 2 rings (SSSR count). The van der Waals surface area contributed by atoms with E-state index in [0.29, 0.717) is 0 Å². The third kappa shape index (κ3) is 2.63. The Morgan fingerprint density at radius 2 is 1.53 bits per heavy atom. The number of hydrogen-bond donors (Lipinski definition) is 0. The van der Waals surface area contributed by atoms with Crippen LogP contribution in [0.15, 0.2) is 61.2 Å². The molecule has 1 radical (unpaired) electrons. The minimum absolute atomic E-state index is 0.890. The maximum absolute atomic E-state index is 5.49. The van der Waals surface area contributed by atoms with Gasteiger partial charge in [0.15, 0.2) is 6.10 Å². The van der Waals surface area contributed by atoms with Crippen LogP contribution in [0.1, 0.15) is 16.7 Å². The Morgan fingerprint density at radius 1 is 0.941 bits per heavy atom. The molecule has 2 aromatic carbocycles. The lowest BCUT2D eigenvalue weighted by atomic mass is 10.0. The first-order valence-electron chi connectivity index (χ1n) is 5.54. The lowest BCUT2D eigenvalue weighted by Crippen LogP contribution is -2.04. The van der Waals surface area contributed by atoms with Gasteiger partial charge in [-0.25, -0.2) is 0 Å². The largest absolute Gasteiger partial charge is 0.365 e. The molecule has 0 aromatic heterocycles. The SMILES string of the molecule is C=Cc1ccc([C](OC)c2ccccc2)cc1. The molecule has 0 aliphatic rings. The predicted molar refractivity (Wildman–Crippen MR) is 71.4 cm³/mol. The van der Waals surface area contributed by atoms with Crippen molar-refractivity contribution in [3.8, 4) is 0 Å². The van der Waals surface area contributed by atoms with Gasteiger partial charge in [-0.1, -0.05) is 67.3 Å². The zero-order valence-electron chi connectivity index (χ0n) is 9.89. The molecule has 2 aromatic rings. The summed E-state index contributed by atoms with van der Waals surface area (Å²) in [6, 6.07) is 18.2. The van der Waals surface area contributed by atoms with Gasteiger partial charge in [0.25, 0.3) is 0 Å². The van der Waals surface area contributed by atoms with Gasteiger partial charge < -0.3 is 4.74 Å². The van der Waals surface area contributed by atoms with Gasteiger partial charge in [0.1, 0.15) is 0 Å². The molecule has 1 nitrogen and oxygen atoms in total. The highest BCUT2D eigenvalue weighted by atomic mass is 16.5. The lowest BCUT2D eigenvalue weighted by Gasteiger charge is -2.14. The number of methoxy groups -OCH3 is 1. The normalized spacial score (nSPS) is 10.5. The first-order valence-corrected chi connectivity index (χ1v) is 5.54. The number of rotatable bonds is 4. The Morgan fingerprint density at radius 3 is 2.06 bits per heavy atom. The van der Waals surface area contributed by atoms with E-state index in [-0.39, 0.29) is 0 Å². The first-order chi connectivity index (χ1) is 8.35. The van der Waals surface area contributed by atoms with Crippen molar-refractivity contribution in [3.63, 3.8) is 0 Å². The fourth-order valence-corrected chi connectivity index (χ4v) is 1.76. The van der Waals surface area contributed by atoms with E-state index in [4.69, 9.17) is 4.74 Å². The second-order valence-electron chi connectivity index (χ2n) is 3.73.